The zero-order valence-corrected chi connectivity index (χ0v) is 8.24. The smallest absolute Gasteiger partial charge is 0.0555 e. The molecule has 1 heterocycles. The third-order valence-electron chi connectivity index (χ3n) is 1.85. The van der Waals surface area contributed by atoms with E-state index in [0.29, 0.717) is 6.54 Å². The molecule has 0 spiro atoms. The SMILES string of the molecule is OCCNCCNCc1ccncc1. The lowest BCUT2D eigenvalue weighted by molar-refractivity contribution is 0.292. The Morgan fingerprint density at radius 3 is 2.50 bits per heavy atom. The number of aliphatic hydroxyl groups excluding tert-OH is 1. The van der Waals surface area contributed by atoms with Gasteiger partial charge in [-0.25, -0.2) is 0 Å². The van der Waals surface area contributed by atoms with Crippen LogP contribution in [0.5, 0.6) is 0 Å². The molecule has 1 rings (SSSR count). The third kappa shape index (κ3) is 4.91. The van der Waals surface area contributed by atoms with Gasteiger partial charge in [0.1, 0.15) is 0 Å². The number of pyridine rings is 1. The van der Waals surface area contributed by atoms with Crippen molar-refractivity contribution in [2.45, 2.75) is 6.54 Å². The molecule has 3 N–H and O–H groups in total. The van der Waals surface area contributed by atoms with Gasteiger partial charge in [-0.3, -0.25) is 4.98 Å². The van der Waals surface area contributed by atoms with Gasteiger partial charge in [-0.1, -0.05) is 0 Å². The van der Waals surface area contributed by atoms with Gasteiger partial charge >= 0.3 is 0 Å². The van der Waals surface area contributed by atoms with Crippen molar-refractivity contribution in [1.29, 1.82) is 0 Å². The summed E-state index contributed by atoms with van der Waals surface area (Å²) in [6, 6.07) is 3.99. The monoisotopic (exact) mass is 195 g/mol. The largest absolute Gasteiger partial charge is 0.395 e. The van der Waals surface area contributed by atoms with Crippen molar-refractivity contribution in [2.75, 3.05) is 26.2 Å². The molecule has 0 aliphatic rings. The Labute approximate surface area is 84.4 Å². The zero-order valence-electron chi connectivity index (χ0n) is 8.24. The van der Waals surface area contributed by atoms with E-state index in [9.17, 15) is 0 Å². The van der Waals surface area contributed by atoms with Crippen molar-refractivity contribution in [1.82, 2.24) is 15.6 Å². The molecule has 0 amide bonds. The number of hydrogen-bond donors (Lipinski definition) is 3. The highest BCUT2D eigenvalue weighted by Crippen LogP contribution is 1.93. The summed E-state index contributed by atoms with van der Waals surface area (Å²) in [5.74, 6) is 0. The Morgan fingerprint density at radius 1 is 1.07 bits per heavy atom. The van der Waals surface area contributed by atoms with Crippen molar-refractivity contribution in [3.63, 3.8) is 0 Å². The number of rotatable bonds is 7. The van der Waals surface area contributed by atoms with Crippen LogP contribution in [0.15, 0.2) is 24.5 Å². The van der Waals surface area contributed by atoms with Crippen LogP contribution in [0.1, 0.15) is 5.56 Å². The Balaban J connectivity index is 1.99. The van der Waals surface area contributed by atoms with E-state index in [-0.39, 0.29) is 6.61 Å². The third-order valence-corrected chi connectivity index (χ3v) is 1.85. The highest BCUT2D eigenvalue weighted by Gasteiger charge is 1.90. The molecule has 0 fully saturated rings. The van der Waals surface area contributed by atoms with Crippen LogP contribution >= 0.6 is 0 Å². The van der Waals surface area contributed by atoms with E-state index in [4.69, 9.17) is 5.11 Å². The van der Waals surface area contributed by atoms with Crippen LogP contribution in [0.3, 0.4) is 0 Å². The molecule has 0 saturated heterocycles. The Morgan fingerprint density at radius 2 is 1.79 bits per heavy atom. The van der Waals surface area contributed by atoms with Crippen molar-refractivity contribution in [3.8, 4) is 0 Å². The van der Waals surface area contributed by atoms with E-state index in [1.54, 1.807) is 12.4 Å². The maximum Gasteiger partial charge on any atom is 0.0555 e. The van der Waals surface area contributed by atoms with Crippen molar-refractivity contribution in [2.24, 2.45) is 0 Å². The van der Waals surface area contributed by atoms with Crippen LogP contribution in [0.2, 0.25) is 0 Å². The number of aromatic nitrogens is 1. The summed E-state index contributed by atoms with van der Waals surface area (Å²) >= 11 is 0. The van der Waals surface area contributed by atoms with Crippen LogP contribution in [-0.4, -0.2) is 36.3 Å². The maximum atomic E-state index is 8.51. The molecular formula is C10H17N3O. The fourth-order valence-electron chi connectivity index (χ4n) is 1.11. The second-order valence-corrected chi connectivity index (χ2v) is 3.01. The van der Waals surface area contributed by atoms with Gasteiger partial charge in [0.15, 0.2) is 0 Å². The van der Waals surface area contributed by atoms with Crippen molar-refractivity contribution < 1.29 is 5.11 Å². The average molecular weight is 195 g/mol. The topological polar surface area (TPSA) is 57.2 Å². The van der Waals surface area contributed by atoms with Gasteiger partial charge in [-0.15, -0.1) is 0 Å². The molecule has 4 nitrogen and oxygen atoms in total. The predicted octanol–water partition coefficient (Wildman–Crippen LogP) is -0.247. The zero-order chi connectivity index (χ0) is 10.1. The standard InChI is InChI=1S/C10H17N3O/c14-8-7-12-5-6-13-9-10-1-3-11-4-2-10/h1-4,12-14H,5-9H2. The minimum absolute atomic E-state index is 0.199. The first-order valence-corrected chi connectivity index (χ1v) is 4.84. The first-order chi connectivity index (χ1) is 6.93. The van der Waals surface area contributed by atoms with Gasteiger partial charge < -0.3 is 15.7 Å². The second-order valence-electron chi connectivity index (χ2n) is 3.01. The van der Waals surface area contributed by atoms with Crippen molar-refractivity contribution >= 4 is 0 Å². The fourth-order valence-corrected chi connectivity index (χ4v) is 1.11. The van der Waals surface area contributed by atoms with Crippen molar-refractivity contribution in [3.05, 3.63) is 30.1 Å². The summed E-state index contributed by atoms with van der Waals surface area (Å²) in [6.07, 6.45) is 3.59. The minimum Gasteiger partial charge on any atom is -0.395 e. The molecule has 4 heteroatoms. The molecule has 0 unspecified atom stereocenters. The molecule has 14 heavy (non-hydrogen) atoms. The molecule has 78 valence electrons. The van der Waals surface area contributed by atoms with E-state index in [0.717, 1.165) is 19.6 Å². The summed E-state index contributed by atoms with van der Waals surface area (Å²) in [5.41, 5.74) is 1.24. The van der Waals surface area contributed by atoms with E-state index in [1.807, 2.05) is 12.1 Å². The maximum absolute atomic E-state index is 8.51. The number of hydrogen-bond acceptors (Lipinski definition) is 4. The molecule has 0 aliphatic carbocycles. The van der Waals surface area contributed by atoms with Crippen LogP contribution in [0, 0.1) is 0 Å². The van der Waals surface area contributed by atoms with E-state index < -0.39 is 0 Å². The molecule has 0 bridgehead atoms. The summed E-state index contributed by atoms with van der Waals surface area (Å²) in [4.78, 5) is 3.95. The summed E-state index contributed by atoms with van der Waals surface area (Å²) in [7, 11) is 0. The first kappa shape index (κ1) is 11.1. The molecule has 0 aliphatic heterocycles. The molecule has 0 atom stereocenters. The lowest BCUT2D eigenvalue weighted by Crippen LogP contribution is -2.28. The highest BCUT2D eigenvalue weighted by atomic mass is 16.3. The van der Waals surface area contributed by atoms with Crippen LogP contribution in [0.4, 0.5) is 0 Å². The lowest BCUT2D eigenvalue weighted by atomic mass is 10.3. The number of nitrogens with one attached hydrogen (secondary N) is 2. The number of aliphatic hydroxyl groups is 1. The van der Waals surface area contributed by atoms with Gasteiger partial charge in [-0.2, -0.15) is 0 Å². The van der Waals surface area contributed by atoms with Crippen LogP contribution in [-0.2, 0) is 6.54 Å². The predicted molar refractivity (Wildman–Crippen MR) is 55.9 cm³/mol. The van der Waals surface area contributed by atoms with Gasteiger partial charge in [0.25, 0.3) is 0 Å². The van der Waals surface area contributed by atoms with Crippen LogP contribution in [0.25, 0.3) is 0 Å². The fraction of sp³-hybridized carbons (Fsp3) is 0.500. The normalized spacial score (nSPS) is 10.4. The molecule has 0 aromatic carbocycles. The summed E-state index contributed by atoms with van der Waals surface area (Å²) in [6.45, 7) is 3.51. The Hall–Kier alpha value is -0.970. The Bertz CT molecular complexity index is 228. The molecule has 1 aromatic rings. The molecule has 1 aromatic heterocycles. The van der Waals surface area contributed by atoms with Crippen LogP contribution < -0.4 is 10.6 Å². The second kappa shape index (κ2) is 7.44. The molecular weight excluding hydrogens is 178 g/mol. The molecule has 0 saturated carbocycles. The Kier molecular flexibility index (Phi) is 5.90. The molecule has 0 radical (unpaired) electrons. The average Bonchev–Trinajstić information content (AvgIpc) is 2.25. The number of nitrogens with zero attached hydrogens (tertiary/aromatic N) is 1. The van der Waals surface area contributed by atoms with Gasteiger partial charge in [-0.05, 0) is 17.7 Å². The summed E-state index contributed by atoms with van der Waals surface area (Å²) < 4.78 is 0. The lowest BCUT2D eigenvalue weighted by Gasteiger charge is -2.05. The van der Waals surface area contributed by atoms with E-state index in [1.165, 1.54) is 5.56 Å². The first-order valence-electron chi connectivity index (χ1n) is 4.84. The van der Waals surface area contributed by atoms with E-state index >= 15 is 0 Å². The quantitative estimate of drug-likeness (QED) is 0.525. The van der Waals surface area contributed by atoms with Gasteiger partial charge in [0.05, 0.1) is 6.61 Å². The van der Waals surface area contributed by atoms with Gasteiger partial charge in [0, 0.05) is 38.6 Å². The van der Waals surface area contributed by atoms with E-state index in [2.05, 4.69) is 15.6 Å². The minimum atomic E-state index is 0.199. The summed E-state index contributed by atoms with van der Waals surface area (Å²) in [5, 5.41) is 14.9. The highest BCUT2D eigenvalue weighted by molar-refractivity contribution is 5.08. The van der Waals surface area contributed by atoms with Gasteiger partial charge in [0.2, 0.25) is 0 Å².